The van der Waals surface area contributed by atoms with E-state index in [1.54, 1.807) is 0 Å². The molecule has 0 saturated heterocycles. The molecule has 3 rings (SSSR count). The van der Waals surface area contributed by atoms with Gasteiger partial charge in [-0.1, -0.05) is 43.0 Å². The van der Waals surface area contributed by atoms with Gasteiger partial charge in [0, 0.05) is 31.7 Å². The average molecular weight is 403 g/mol. The molecule has 2 aromatic rings. The molecule has 1 amide bonds. The molecule has 1 heterocycles. The number of carbonyl (C=O) groups is 1. The second-order valence-electron chi connectivity index (χ2n) is 7.46. The van der Waals surface area contributed by atoms with Gasteiger partial charge in [-0.05, 0) is 44.5 Å². The van der Waals surface area contributed by atoms with Gasteiger partial charge in [0.15, 0.2) is 10.6 Å². The van der Waals surface area contributed by atoms with E-state index in [2.05, 4.69) is 21.6 Å². The first-order valence-electron chi connectivity index (χ1n) is 10.2. The number of H-pyrrole nitrogens is 1. The highest BCUT2D eigenvalue weighted by Crippen LogP contribution is 2.20. The first kappa shape index (κ1) is 20.7. The molecule has 0 aliphatic heterocycles. The van der Waals surface area contributed by atoms with E-state index in [1.165, 1.54) is 32.1 Å². The molecule has 0 spiro atoms. The van der Waals surface area contributed by atoms with E-state index in [-0.39, 0.29) is 5.91 Å². The lowest BCUT2D eigenvalue weighted by atomic mass is 9.98. The largest absolute Gasteiger partial charge is 0.378 e. The molecule has 152 valence electrons. The zero-order valence-corrected chi connectivity index (χ0v) is 17.4. The fourth-order valence-electron chi connectivity index (χ4n) is 3.61. The summed E-state index contributed by atoms with van der Waals surface area (Å²) >= 11 is 5.34. The number of amides is 1. The fraction of sp³-hybridized carbons (Fsp3) is 0.571. The van der Waals surface area contributed by atoms with Crippen LogP contribution in [0.25, 0.3) is 11.4 Å². The van der Waals surface area contributed by atoms with Crippen LogP contribution < -0.4 is 5.32 Å². The number of ether oxygens (including phenoxy) is 1. The molecule has 0 bridgehead atoms. The molecule has 1 saturated carbocycles. The average Bonchev–Trinajstić information content (AvgIpc) is 3.07. The molecule has 1 fully saturated rings. The monoisotopic (exact) mass is 402 g/mol. The van der Waals surface area contributed by atoms with Crippen molar-refractivity contribution in [2.45, 2.75) is 64.5 Å². The van der Waals surface area contributed by atoms with Crippen LogP contribution in [0, 0.1) is 11.7 Å². The van der Waals surface area contributed by atoms with Crippen molar-refractivity contribution in [3.8, 4) is 11.4 Å². The van der Waals surface area contributed by atoms with Crippen LogP contribution in [0.2, 0.25) is 0 Å². The predicted octanol–water partition coefficient (Wildman–Crippen LogP) is 4.16. The molecule has 0 atom stereocenters. The van der Waals surface area contributed by atoms with E-state index in [0.29, 0.717) is 30.4 Å². The van der Waals surface area contributed by atoms with Crippen LogP contribution in [-0.4, -0.2) is 39.9 Å². The van der Waals surface area contributed by atoms with Crippen molar-refractivity contribution >= 4 is 18.1 Å². The van der Waals surface area contributed by atoms with Gasteiger partial charge >= 0.3 is 0 Å². The van der Waals surface area contributed by atoms with Gasteiger partial charge in [0.2, 0.25) is 5.91 Å². The maximum atomic E-state index is 12.2. The summed E-state index contributed by atoms with van der Waals surface area (Å²) in [6.45, 7) is 3.91. The van der Waals surface area contributed by atoms with E-state index in [1.807, 2.05) is 29.7 Å². The number of benzene rings is 1. The normalized spacial score (nSPS) is 14.9. The van der Waals surface area contributed by atoms with Crippen molar-refractivity contribution in [1.82, 2.24) is 20.1 Å². The number of nitrogens with zero attached hydrogens (tertiary/aromatic N) is 2. The molecule has 1 aliphatic carbocycles. The summed E-state index contributed by atoms with van der Waals surface area (Å²) in [6.07, 6.45) is 7.90. The first-order valence-corrected chi connectivity index (χ1v) is 10.6. The topological polar surface area (TPSA) is 71.9 Å². The smallest absolute Gasteiger partial charge is 0.221 e. The van der Waals surface area contributed by atoms with Gasteiger partial charge in [-0.3, -0.25) is 14.5 Å². The maximum Gasteiger partial charge on any atom is 0.221 e. The van der Waals surface area contributed by atoms with Crippen molar-refractivity contribution < 1.29 is 9.53 Å². The zero-order chi connectivity index (χ0) is 19.8. The van der Waals surface area contributed by atoms with Crippen molar-refractivity contribution in [2.24, 2.45) is 0 Å². The first-order chi connectivity index (χ1) is 13.6. The summed E-state index contributed by atoms with van der Waals surface area (Å²) < 4.78 is 8.31. The standard InChI is InChI=1S/C21H30N4O2S/c1-16-7-5-8-17(15-16)20-23-24-21(28)25(20)13-11-19(26)22-12-6-14-27-18-9-3-2-4-10-18/h5,7-8,15,18H,2-4,6,9-14H2,1H3,(H,22,26)(H,24,28). The van der Waals surface area contributed by atoms with Crippen LogP contribution in [0.4, 0.5) is 0 Å². The van der Waals surface area contributed by atoms with Gasteiger partial charge in [-0.2, -0.15) is 5.10 Å². The Labute approximate surface area is 171 Å². The van der Waals surface area contributed by atoms with Gasteiger partial charge in [0.25, 0.3) is 0 Å². The Morgan fingerprint density at radius 3 is 2.96 bits per heavy atom. The van der Waals surface area contributed by atoms with Crippen LogP contribution in [0.5, 0.6) is 0 Å². The van der Waals surface area contributed by atoms with Crippen LogP contribution in [-0.2, 0) is 16.1 Å². The number of nitrogens with one attached hydrogen (secondary N) is 2. The maximum absolute atomic E-state index is 12.2. The third-order valence-electron chi connectivity index (χ3n) is 5.15. The third kappa shape index (κ3) is 6.01. The molecule has 2 N–H and O–H groups in total. The Kier molecular flexibility index (Phi) is 7.80. The molecule has 0 unspecified atom stereocenters. The lowest BCUT2D eigenvalue weighted by Crippen LogP contribution is -2.27. The predicted molar refractivity (Wildman–Crippen MR) is 113 cm³/mol. The summed E-state index contributed by atoms with van der Waals surface area (Å²) in [4.78, 5) is 12.2. The van der Waals surface area contributed by atoms with E-state index < -0.39 is 0 Å². The number of hydrogen-bond donors (Lipinski definition) is 2. The zero-order valence-electron chi connectivity index (χ0n) is 16.6. The minimum atomic E-state index is 0.0240. The Hall–Kier alpha value is -1.99. The Morgan fingerprint density at radius 1 is 1.36 bits per heavy atom. The van der Waals surface area contributed by atoms with Crippen molar-refractivity contribution in [3.05, 3.63) is 34.6 Å². The number of hydrogen-bond acceptors (Lipinski definition) is 4. The van der Waals surface area contributed by atoms with Crippen LogP contribution in [0.1, 0.15) is 50.5 Å². The van der Waals surface area contributed by atoms with E-state index >= 15 is 0 Å². The lowest BCUT2D eigenvalue weighted by Gasteiger charge is -2.21. The fourth-order valence-corrected chi connectivity index (χ4v) is 3.84. The van der Waals surface area contributed by atoms with Gasteiger partial charge < -0.3 is 10.1 Å². The number of aromatic amines is 1. The summed E-state index contributed by atoms with van der Waals surface area (Å²) in [6, 6.07) is 8.10. The number of carbonyl (C=O) groups excluding carboxylic acids is 1. The van der Waals surface area contributed by atoms with Crippen LogP contribution in [0.3, 0.4) is 0 Å². The Balaban J connectivity index is 1.41. The summed E-state index contributed by atoms with van der Waals surface area (Å²) in [5, 5.41) is 10.1. The Morgan fingerprint density at radius 2 is 2.18 bits per heavy atom. The molecule has 1 aliphatic rings. The molecule has 28 heavy (non-hydrogen) atoms. The highest BCUT2D eigenvalue weighted by molar-refractivity contribution is 7.71. The second-order valence-corrected chi connectivity index (χ2v) is 7.84. The highest BCUT2D eigenvalue weighted by Gasteiger charge is 2.13. The lowest BCUT2D eigenvalue weighted by molar-refractivity contribution is -0.121. The van der Waals surface area contributed by atoms with Crippen molar-refractivity contribution in [1.29, 1.82) is 0 Å². The quantitative estimate of drug-likeness (QED) is 0.488. The molecule has 7 heteroatoms. The third-order valence-corrected chi connectivity index (χ3v) is 5.46. The summed E-state index contributed by atoms with van der Waals surface area (Å²) in [5.41, 5.74) is 2.15. The molecule has 6 nitrogen and oxygen atoms in total. The van der Waals surface area contributed by atoms with Gasteiger partial charge in [-0.25, -0.2) is 0 Å². The minimum absolute atomic E-state index is 0.0240. The van der Waals surface area contributed by atoms with Crippen molar-refractivity contribution in [3.63, 3.8) is 0 Å². The van der Waals surface area contributed by atoms with Crippen LogP contribution in [0.15, 0.2) is 24.3 Å². The molecular formula is C21H30N4O2S. The SMILES string of the molecule is Cc1cccc(-c2n[nH]c(=S)n2CCC(=O)NCCCOC2CCCCC2)c1. The number of rotatable bonds is 9. The molecule has 0 radical (unpaired) electrons. The minimum Gasteiger partial charge on any atom is -0.378 e. The van der Waals surface area contributed by atoms with E-state index in [0.717, 1.165) is 30.0 Å². The van der Waals surface area contributed by atoms with Crippen LogP contribution >= 0.6 is 12.2 Å². The van der Waals surface area contributed by atoms with Gasteiger partial charge in [-0.15, -0.1) is 0 Å². The number of aromatic nitrogens is 3. The Bertz CT molecular complexity index is 824. The number of aryl methyl sites for hydroxylation is 1. The highest BCUT2D eigenvalue weighted by atomic mass is 32.1. The molecule has 1 aromatic heterocycles. The van der Waals surface area contributed by atoms with Crippen molar-refractivity contribution in [2.75, 3.05) is 13.2 Å². The molecular weight excluding hydrogens is 372 g/mol. The summed E-state index contributed by atoms with van der Waals surface area (Å²) in [5.74, 6) is 0.790. The molecule has 1 aromatic carbocycles. The second kappa shape index (κ2) is 10.5. The van der Waals surface area contributed by atoms with E-state index in [9.17, 15) is 4.79 Å². The van der Waals surface area contributed by atoms with Gasteiger partial charge in [0.05, 0.1) is 6.10 Å². The van der Waals surface area contributed by atoms with E-state index in [4.69, 9.17) is 17.0 Å². The van der Waals surface area contributed by atoms with Gasteiger partial charge in [0.1, 0.15) is 0 Å². The summed E-state index contributed by atoms with van der Waals surface area (Å²) in [7, 11) is 0.